The van der Waals surface area contributed by atoms with E-state index in [2.05, 4.69) is 40.7 Å². The van der Waals surface area contributed by atoms with Crippen molar-refractivity contribution >= 4 is 43.7 Å². The second kappa shape index (κ2) is 5.28. The monoisotopic (exact) mass is 337 g/mol. The molecule has 1 aromatic heterocycles. The highest BCUT2D eigenvalue weighted by molar-refractivity contribution is 9.15. The van der Waals surface area contributed by atoms with E-state index in [1.165, 1.54) is 12.1 Å². The Hall–Kier alpha value is -1.07. The van der Waals surface area contributed by atoms with E-state index >= 15 is 0 Å². The molecule has 0 unspecified atom stereocenters. The fourth-order valence-electron chi connectivity index (χ4n) is 1.32. The van der Waals surface area contributed by atoms with Crippen LogP contribution in [0.4, 0.5) is 13.2 Å². The molecule has 18 heavy (non-hydrogen) atoms. The van der Waals surface area contributed by atoms with E-state index in [0.717, 1.165) is 0 Å². The molecule has 0 aliphatic rings. The van der Waals surface area contributed by atoms with Gasteiger partial charge in [-0.25, -0.2) is 4.98 Å². The Morgan fingerprint density at radius 3 is 2.33 bits per heavy atom. The third kappa shape index (κ3) is 3.03. The van der Waals surface area contributed by atoms with E-state index in [4.69, 9.17) is 11.6 Å². The average Bonchev–Trinajstić information content (AvgIpc) is 2.25. The van der Waals surface area contributed by atoms with Gasteiger partial charge in [0, 0.05) is 15.6 Å². The number of nitrogens with zero attached hydrogens (tertiary/aromatic N) is 1. The Morgan fingerprint density at radius 2 is 1.94 bits per heavy atom. The summed E-state index contributed by atoms with van der Waals surface area (Å²) in [7, 11) is 0. The first-order chi connectivity index (χ1) is 8.18. The van der Waals surface area contributed by atoms with E-state index in [-0.39, 0.29) is 16.4 Å². The predicted octanol–water partition coefficient (Wildman–Crippen LogP) is 5.32. The highest BCUT2D eigenvalue weighted by Crippen LogP contribution is 2.37. The van der Waals surface area contributed by atoms with Crippen molar-refractivity contribution in [2.45, 2.75) is 6.18 Å². The standard InChI is InChI=1S/C12H8BrClF3N/c1-4-8-9(7(3)13)5-10(14)18-11(8)6(2)12(15,16)17/h4-5H,1-3H2. The first kappa shape index (κ1) is 15.0. The zero-order valence-corrected chi connectivity index (χ0v) is 11.5. The van der Waals surface area contributed by atoms with E-state index < -0.39 is 11.7 Å². The van der Waals surface area contributed by atoms with Crippen LogP contribution in [0.2, 0.25) is 5.15 Å². The van der Waals surface area contributed by atoms with Gasteiger partial charge in [0.05, 0.1) is 11.3 Å². The third-order valence-corrected chi connectivity index (χ3v) is 2.77. The van der Waals surface area contributed by atoms with Gasteiger partial charge in [-0.2, -0.15) is 13.2 Å². The molecule has 96 valence electrons. The second-order valence-corrected chi connectivity index (χ2v) is 4.68. The van der Waals surface area contributed by atoms with Gasteiger partial charge in [0.15, 0.2) is 0 Å². The number of aromatic nitrogens is 1. The van der Waals surface area contributed by atoms with Crippen molar-refractivity contribution in [1.29, 1.82) is 0 Å². The lowest BCUT2D eigenvalue weighted by Gasteiger charge is -2.15. The minimum Gasteiger partial charge on any atom is -0.235 e. The molecule has 0 amide bonds. The van der Waals surface area contributed by atoms with E-state index in [1.54, 1.807) is 0 Å². The zero-order chi connectivity index (χ0) is 14.1. The van der Waals surface area contributed by atoms with Gasteiger partial charge in [0.25, 0.3) is 0 Å². The molecule has 0 fully saturated rings. The van der Waals surface area contributed by atoms with Gasteiger partial charge in [-0.3, -0.25) is 0 Å². The van der Waals surface area contributed by atoms with Gasteiger partial charge in [-0.15, -0.1) is 0 Å². The maximum atomic E-state index is 12.7. The van der Waals surface area contributed by atoms with Gasteiger partial charge in [-0.05, 0) is 6.07 Å². The summed E-state index contributed by atoms with van der Waals surface area (Å²) in [6.45, 7) is 10.1. The fraction of sp³-hybridized carbons (Fsp3) is 0.0833. The van der Waals surface area contributed by atoms with Gasteiger partial charge in [0.1, 0.15) is 5.15 Å². The molecule has 6 heteroatoms. The first-order valence-corrected chi connectivity index (χ1v) is 5.79. The van der Waals surface area contributed by atoms with E-state index in [0.29, 0.717) is 10.0 Å². The molecular formula is C12H8BrClF3N. The molecule has 0 saturated carbocycles. The second-order valence-electron chi connectivity index (χ2n) is 3.34. The summed E-state index contributed by atoms with van der Waals surface area (Å²) in [6, 6.07) is 1.41. The smallest absolute Gasteiger partial charge is 0.235 e. The molecule has 0 radical (unpaired) electrons. The molecule has 0 bridgehead atoms. The fourth-order valence-corrected chi connectivity index (χ4v) is 1.84. The zero-order valence-electron chi connectivity index (χ0n) is 9.11. The largest absolute Gasteiger partial charge is 0.417 e. The SMILES string of the molecule is C=Cc1c(C(=C)Br)cc(Cl)nc1C(=C)C(F)(F)F. The van der Waals surface area contributed by atoms with Crippen LogP contribution in [-0.4, -0.2) is 11.2 Å². The Morgan fingerprint density at radius 1 is 1.39 bits per heavy atom. The van der Waals surface area contributed by atoms with Crippen molar-refractivity contribution < 1.29 is 13.2 Å². The van der Waals surface area contributed by atoms with Crippen molar-refractivity contribution in [3.8, 4) is 0 Å². The number of allylic oxidation sites excluding steroid dienone is 1. The molecule has 1 heterocycles. The lowest BCUT2D eigenvalue weighted by molar-refractivity contribution is -0.0689. The summed E-state index contributed by atoms with van der Waals surface area (Å²) >= 11 is 8.80. The highest BCUT2D eigenvalue weighted by Gasteiger charge is 2.35. The molecule has 0 atom stereocenters. The highest BCUT2D eigenvalue weighted by atomic mass is 79.9. The number of halogens is 5. The molecule has 1 aromatic rings. The summed E-state index contributed by atoms with van der Waals surface area (Å²) < 4.78 is 38.4. The van der Waals surface area contributed by atoms with Crippen molar-refractivity contribution in [3.63, 3.8) is 0 Å². The number of rotatable bonds is 3. The van der Waals surface area contributed by atoms with Crippen molar-refractivity contribution in [2.75, 3.05) is 0 Å². The van der Waals surface area contributed by atoms with Crippen LogP contribution in [0.25, 0.3) is 16.1 Å². The van der Waals surface area contributed by atoms with Gasteiger partial charge < -0.3 is 0 Å². The van der Waals surface area contributed by atoms with Crippen LogP contribution in [-0.2, 0) is 0 Å². The van der Waals surface area contributed by atoms with Crippen LogP contribution in [0.15, 0.2) is 25.8 Å². The summed E-state index contributed by atoms with van der Waals surface area (Å²) in [4.78, 5) is 3.67. The van der Waals surface area contributed by atoms with Crippen LogP contribution in [0, 0.1) is 0 Å². The minimum atomic E-state index is -4.58. The Kier molecular flexibility index (Phi) is 4.40. The summed E-state index contributed by atoms with van der Waals surface area (Å²) in [6.07, 6.45) is -3.32. The third-order valence-electron chi connectivity index (χ3n) is 2.15. The van der Waals surface area contributed by atoms with Crippen LogP contribution in [0.3, 0.4) is 0 Å². The predicted molar refractivity (Wildman–Crippen MR) is 72.4 cm³/mol. The number of alkyl halides is 3. The lowest BCUT2D eigenvalue weighted by Crippen LogP contribution is -2.12. The lowest BCUT2D eigenvalue weighted by atomic mass is 10.0. The van der Waals surface area contributed by atoms with Gasteiger partial charge >= 0.3 is 6.18 Å². The normalized spacial score (nSPS) is 11.2. The molecule has 0 N–H and O–H groups in total. The Labute approximate surface area is 116 Å². The van der Waals surface area contributed by atoms with E-state index in [1.807, 2.05) is 0 Å². The molecule has 0 saturated heterocycles. The number of pyridine rings is 1. The molecular weight excluding hydrogens is 330 g/mol. The molecule has 1 nitrogen and oxygen atoms in total. The van der Waals surface area contributed by atoms with Crippen molar-refractivity contribution in [2.24, 2.45) is 0 Å². The molecule has 0 aromatic carbocycles. The van der Waals surface area contributed by atoms with Gasteiger partial charge in [0.2, 0.25) is 0 Å². The molecule has 0 aliphatic carbocycles. The van der Waals surface area contributed by atoms with Gasteiger partial charge in [-0.1, -0.05) is 53.3 Å². The van der Waals surface area contributed by atoms with Crippen molar-refractivity contribution in [1.82, 2.24) is 4.98 Å². The maximum Gasteiger partial charge on any atom is 0.417 e. The summed E-state index contributed by atoms with van der Waals surface area (Å²) in [5.41, 5.74) is -0.843. The summed E-state index contributed by atoms with van der Waals surface area (Å²) in [5, 5.41) is -0.0726. The van der Waals surface area contributed by atoms with Crippen molar-refractivity contribution in [3.05, 3.63) is 47.8 Å². The maximum absolute atomic E-state index is 12.7. The van der Waals surface area contributed by atoms with Crippen LogP contribution >= 0.6 is 27.5 Å². The number of hydrogen-bond acceptors (Lipinski definition) is 1. The summed E-state index contributed by atoms with van der Waals surface area (Å²) in [5.74, 6) is 0. The molecule has 1 rings (SSSR count). The average molecular weight is 339 g/mol. The molecule has 0 spiro atoms. The Balaban J connectivity index is 3.58. The molecule has 0 aliphatic heterocycles. The Bertz CT molecular complexity index is 535. The first-order valence-electron chi connectivity index (χ1n) is 4.62. The minimum absolute atomic E-state index is 0.0726. The van der Waals surface area contributed by atoms with Crippen LogP contribution < -0.4 is 0 Å². The number of hydrogen-bond donors (Lipinski definition) is 0. The van der Waals surface area contributed by atoms with Crippen LogP contribution in [0.1, 0.15) is 16.8 Å². The topological polar surface area (TPSA) is 12.9 Å². The quantitative estimate of drug-likeness (QED) is 0.680. The van der Waals surface area contributed by atoms with E-state index in [9.17, 15) is 13.2 Å². The van der Waals surface area contributed by atoms with Crippen LogP contribution in [0.5, 0.6) is 0 Å².